The van der Waals surface area contributed by atoms with Crippen molar-refractivity contribution in [3.8, 4) is 36.2 Å². The molecule has 0 aromatic heterocycles. The van der Waals surface area contributed by atoms with Gasteiger partial charge in [-0.2, -0.15) is 26.3 Å². The van der Waals surface area contributed by atoms with E-state index in [1.54, 1.807) is 0 Å². The van der Waals surface area contributed by atoms with Gasteiger partial charge in [0, 0.05) is 22.5 Å². The van der Waals surface area contributed by atoms with Crippen molar-refractivity contribution < 1.29 is 40.6 Å². The predicted molar refractivity (Wildman–Crippen MR) is 105 cm³/mol. The molecule has 5 nitrogen and oxygen atoms in total. The third kappa shape index (κ3) is 3.36. The molecule has 11 heteroatoms. The SMILES string of the molecule is C#CCOc1ccc2c(c1)C1(C(F)(F)F)Nc3ccc(OCC#C)cc3C(C(F)(F)F)(N2)O1. The lowest BCUT2D eigenvalue weighted by Crippen LogP contribution is -2.67. The molecule has 2 aromatic rings. The topological polar surface area (TPSA) is 51.8 Å². The Bertz CT molecular complexity index is 1090. The number of alkyl halides is 6. The van der Waals surface area contributed by atoms with Crippen molar-refractivity contribution in [1.29, 1.82) is 0 Å². The van der Waals surface area contributed by atoms with Gasteiger partial charge in [-0.3, -0.25) is 0 Å². The number of ether oxygens (including phenoxy) is 3. The molecule has 2 atom stereocenters. The van der Waals surface area contributed by atoms with E-state index in [0.717, 1.165) is 24.3 Å². The van der Waals surface area contributed by atoms with Crippen LogP contribution in [-0.4, -0.2) is 25.6 Å². The zero-order chi connectivity index (χ0) is 24.1. The van der Waals surface area contributed by atoms with E-state index in [1.165, 1.54) is 12.1 Å². The summed E-state index contributed by atoms with van der Waals surface area (Å²) in [4.78, 5) is 0. The third-order valence-corrected chi connectivity index (χ3v) is 5.11. The quantitative estimate of drug-likeness (QED) is 0.503. The molecule has 2 N–H and O–H groups in total. The molecule has 2 heterocycles. The van der Waals surface area contributed by atoms with E-state index in [2.05, 4.69) is 22.5 Å². The highest BCUT2D eigenvalue weighted by molar-refractivity contribution is 5.71. The van der Waals surface area contributed by atoms with E-state index in [4.69, 9.17) is 27.1 Å². The molecule has 2 aromatic carbocycles. The Morgan fingerprint density at radius 1 is 0.758 bits per heavy atom. The number of halogens is 6. The normalized spacial score (nSPS) is 23.0. The van der Waals surface area contributed by atoms with Crippen LogP contribution in [0.4, 0.5) is 37.7 Å². The average molecular weight is 468 g/mol. The van der Waals surface area contributed by atoms with Gasteiger partial charge in [0.2, 0.25) is 0 Å². The molecule has 4 rings (SSSR count). The van der Waals surface area contributed by atoms with Crippen LogP contribution < -0.4 is 20.1 Å². The van der Waals surface area contributed by atoms with Crippen LogP contribution in [0, 0.1) is 24.7 Å². The van der Waals surface area contributed by atoms with Gasteiger partial charge in [0.15, 0.2) is 0 Å². The second-order valence-corrected chi connectivity index (χ2v) is 7.11. The summed E-state index contributed by atoms with van der Waals surface area (Å²) in [5, 5.41) is 4.25. The molecular weight excluding hydrogens is 454 g/mol. The molecule has 0 saturated heterocycles. The van der Waals surface area contributed by atoms with Crippen molar-refractivity contribution in [3.05, 3.63) is 47.5 Å². The molecule has 2 aliphatic rings. The van der Waals surface area contributed by atoms with Gasteiger partial charge in [-0.25, -0.2) is 0 Å². The molecule has 0 radical (unpaired) electrons. The Hall–Kier alpha value is -3.70. The summed E-state index contributed by atoms with van der Waals surface area (Å²) in [7, 11) is 0. The van der Waals surface area contributed by atoms with E-state index in [-0.39, 0.29) is 24.7 Å². The van der Waals surface area contributed by atoms with Gasteiger partial charge in [-0.05, 0) is 36.4 Å². The number of fused-ring (bicyclic) bond motifs is 6. The summed E-state index contributed by atoms with van der Waals surface area (Å²) in [6.07, 6.45) is -0.435. The summed E-state index contributed by atoms with van der Waals surface area (Å²) in [6.45, 7) is -0.509. The Morgan fingerprint density at radius 3 is 1.48 bits per heavy atom. The first kappa shape index (κ1) is 22.5. The fourth-order valence-electron chi connectivity index (χ4n) is 3.74. The summed E-state index contributed by atoms with van der Waals surface area (Å²) in [5.41, 5.74) is -9.32. The van der Waals surface area contributed by atoms with Crippen molar-refractivity contribution in [3.63, 3.8) is 0 Å². The van der Waals surface area contributed by atoms with Crippen LogP contribution >= 0.6 is 0 Å². The number of rotatable bonds is 4. The van der Waals surface area contributed by atoms with E-state index >= 15 is 0 Å². The summed E-state index contributed by atoms with van der Waals surface area (Å²) < 4.78 is 102. The number of terminal acetylenes is 2. The summed E-state index contributed by atoms with van der Waals surface area (Å²) >= 11 is 0. The lowest BCUT2D eigenvalue weighted by atomic mass is 9.86. The van der Waals surface area contributed by atoms with Crippen molar-refractivity contribution >= 4 is 11.4 Å². The minimum atomic E-state index is -5.32. The zero-order valence-corrected chi connectivity index (χ0v) is 16.5. The first-order valence-electron chi connectivity index (χ1n) is 9.29. The van der Waals surface area contributed by atoms with Crippen molar-refractivity contribution in [2.24, 2.45) is 0 Å². The standard InChI is InChI=1S/C22H14F6N2O3/c1-3-9-31-13-5-7-17-15(11-13)19(21(23,24)25)30-18-8-6-14(32-10-4-2)12-16(18)20(29-17,33-19)22(26,27)28/h1-2,5-8,11-12,29-30H,9-10H2. The molecule has 0 fully saturated rings. The largest absolute Gasteiger partial charge is 0.481 e. The van der Waals surface area contributed by atoms with Crippen LogP contribution in [0.5, 0.6) is 11.5 Å². The number of hydrogen-bond acceptors (Lipinski definition) is 5. The van der Waals surface area contributed by atoms with Gasteiger partial charge in [0.25, 0.3) is 11.4 Å². The first-order chi connectivity index (χ1) is 15.5. The second kappa shape index (κ2) is 7.42. The molecule has 33 heavy (non-hydrogen) atoms. The van der Waals surface area contributed by atoms with Crippen LogP contribution in [0.1, 0.15) is 11.1 Å². The highest BCUT2D eigenvalue weighted by Gasteiger charge is 2.74. The minimum absolute atomic E-state index is 0.0779. The summed E-state index contributed by atoms with van der Waals surface area (Å²) in [6, 6.07) is 6.33. The first-order valence-corrected chi connectivity index (χ1v) is 9.29. The monoisotopic (exact) mass is 468 g/mol. The van der Waals surface area contributed by atoms with E-state index in [1.807, 2.05) is 0 Å². The molecule has 0 aliphatic carbocycles. The average Bonchev–Trinajstić information content (AvgIpc) is 2.75. The van der Waals surface area contributed by atoms with E-state index in [9.17, 15) is 26.3 Å². The molecule has 172 valence electrons. The lowest BCUT2D eigenvalue weighted by Gasteiger charge is -2.54. The number of hydrogen-bond donors (Lipinski definition) is 2. The van der Waals surface area contributed by atoms with Gasteiger partial charge in [-0.15, -0.1) is 12.8 Å². The second-order valence-electron chi connectivity index (χ2n) is 7.11. The number of benzene rings is 2. The fourth-order valence-corrected chi connectivity index (χ4v) is 3.74. The molecular formula is C22H14F6N2O3. The molecule has 2 aliphatic heterocycles. The molecule has 0 amide bonds. The van der Waals surface area contributed by atoms with Gasteiger partial charge in [0.1, 0.15) is 24.7 Å². The third-order valence-electron chi connectivity index (χ3n) is 5.11. The predicted octanol–water partition coefficient (Wildman–Crippen LogP) is 4.71. The van der Waals surface area contributed by atoms with E-state index < -0.39 is 46.3 Å². The van der Waals surface area contributed by atoms with Crippen LogP contribution in [0.15, 0.2) is 36.4 Å². The van der Waals surface area contributed by atoms with Crippen molar-refractivity contribution in [1.82, 2.24) is 0 Å². The molecule has 2 unspecified atom stereocenters. The number of anilines is 2. The van der Waals surface area contributed by atoms with Crippen LogP contribution in [0.2, 0.25) is 0 Å². The lowest BCUT2D eigenvalue weighted by molar-refractivity contribution is -0.369. The molecule has 0 saturated carbocycles. The Morgan fingerprint density at radius 2 is 1.15 bits per heavy atom. The van der Waals surface area contributed by atoms with Crippen LogP contribution in [-0.2, 0) is 16.2 Å². The van der Waals surface area contributed by atoms with Crippen LogP contribution in [0.25, 0.3) is 0 Å². The van der Waals surface area contributed by atoms with Gasteiger partial charge >= 0.3 is 12.4 Å². The molecule has 2 bridgehead atoms. The highest BCUT2D eigenvalue weighted by Crippen LogP contribution is 2.61. The Labute approximate surface area is 184 Å². The zero-order valence-electron chi connectivity index (χ0n) is 16.5. The number of nitrogens with one attached hydrogen (secondary N) is 2. The Kier molecular flexibility index (Phi) is 5.06. The van der Waals surface area contributed by atoms with Gasteiger partial charge < -0.3 is 24.8 Å². The molecule has 0 spiro atoms. The maximum absolute atomic E-state index is 14.5. The fraction of sp³-hybridized carbons (Fsp3) is 0.273. The maximum atomic E-state index is 14.5. The van der Waals surface area contributed by atoms with Gasteiger partial charge in [0.05, 0.1) is 0 Å². The minimum Gasteiger partial charge on any atom is -0.481 e. The van der Waals surface area contributed by atoms with Crippen molar-refractivity contribution in [2.75, 3.05) is 23.8 Å². The maximum Gasteiger partial charge on any atom is 0.441 e. The summed E-state index contributed by atoms with van der Waals surface area (Å²) in [5.74, 6) is 4.16. The van der Waals surface area contributed by atoms with Crippen LogP contribution in [0.3, 0.4) is 0 Å². The van der Waals surface area contributed by atoms with Crippen molar-refractivity contribution in [2.45, 2.75) is 23.8 Å². The smallest absolute Gasteiger partial charge is 0.441 e. The van der Waals surface area contributed by atoms with Gasteiger partial charge in [-0.1, -0.05) is 11.8 Å². The Balaban J connectivity index is 1.97. The highest BCUT2D eigenvalue weighted by atomic mass is 19.4. The van der Waals surface area contributed by atoms with E-state index in [0.29, 0.717) is 0 Å².